The highest BCUT2D eigenvalue weighted by atomic mass is 16.5. The van der Waals surface area contributed by atoms with Gasteiger partial charge in [-0.2, -0.15) is 5.10 Å². The topological polar surface area (TPSA) is 85.2 Å². The van der Waals surface area contributed by atoms with Crippen LogP contribution in [0.2, 0.25) is 0 Å². The highest BCUT2D eigenvalue weighted by Crippen LogP contribution is 2.44. The second-order valence-corrected chi connectivity index (χ2v) is 9.05. The minimum atomic E-state index is 0.0347. The van der Waals surface area contributed by atoms with E-state index in [1.54, 1.807) is 19.3 Å². The van der Waals surface area contributed by atoms with Crippen LogP contribution < -0.4 is 15.0 Å². The number of nitrogens with zero attached hydrogens (tertiary/aromatic N) is 5. The van der Waals surface area contributed by atoms with Crippen LogP contribution in [0.15, 0.2) is 36.9 Å². The number of amides is 1. The molecule has 1 saturated heterocycles. The number of aryl methyl sites for hydroxylation is 1. The maximum absolute atomic E-state index is 12.5. The Morgan fingerprint density at radius 3 is 2.61 bits per heavy atom. The van der Waals surface area contributed by atoms with Gasteiger partial charge in [0.05, 0.1) is 17.9 Å². The summed E-state index contributed by atoms with van der Waals surface area (Å²) in [5.74, 6) is 0.742. The van der Waals surface area contributed by atoms with Crippen LogP contribution in [-0.4, -0.2) is 44.8 Å². The number of ether oxygens (including phenoxy) is 1. The molecule has 1 unspecified atom stereocenters. The summed E-state index contributed by atoms with van der Waals surface area (Å²) in [7, 11) is 0. The number of aromatic nitrogens is 4. The van der Waals surface area contributed by atoms with Gasteiger partial charge in [-0.1, -0.05) is 0 Å². The lowest BCUT2D eigenvalue weighted by Crippen LogP contribution is -2.40. The summed E-state index contributed by atoms with van der Waals surface area (Å²) in [5.41, 5.74) is 4.82. The Morgan fingerprint density at radius 1 is 1.12 bits per heavy atom. The summed E-state index contributed by atoms with van der Waals surface area (Å²) in [4.78, 5) is 23.0. The molecule has 4 heterocycles. The number of rotatable bonds is 4. The van der Waals surface area contributed by atoms with Gasteiger partial charge in [-0.25, -0.2) is 9.97 Å². The van der Waals surface area contributed by atoms with Gasteiger partial charge in [0.25, 0.3) is 0 Å². The van der Waals surface area contributed by atoms with Gasteiger partial charge in [-0.15, -0.1) is 0 Å². The van der Waals surface area contributed by atoms with Crippen molar-refractivity contribution in [1.29, 1.82) is 0 Å². The molecule has 33 heavy (non-hydrogen) atoms. The Labute approximate surface area is 194 Å². The third-order valence-electron chi connectivity index (χ3n) is 6.63. The molecule has 1 amide bonds. The van der Waals surface area contributed by atoms with Gasteiger partial charge < -0.3 is 15.0 Å². The summed E-state index contributed by atoms with van der Waals surface area (Å²) in [5, 5.41) is 8.09. The van der Waals surface area contributed by atoms with E-state index < -0.39 is 0 Å². The van der Waals surface area contributed by atoms with Crippen molar-refractivity contribution in [3.05, 3.63) is 48.0 Å². The van der Waals surface area contributed by atoms with Crippen molar-refractivity contribution in [3.8, 4) is 22.9 Å². The van der Waals surface area contributed by atoms with Crippen molar-refractivity contribution in [2.75, 3.05) is 18.0 Å². The molecule has 0 saturated carbocycles. The van der Waals surface area contributed by atoms with Crippen molar-refractivity contribution in [1.82, 2.24) is 25.1 Å². The van der Waals surface area contributed by atoms with Gasteiger partial charge in [-0.05, 0) is 70.3 Å². The predicted molar refractivity (Wildman–Crippen MR) is 127 cm³/mol. The minimum Gasteiger partial charge on any atom is -0.423 e. The summed E-state index contributed by atoms with van der Waals surface area (Å²) in [6.07, 6.45) is 11.3. The van der Waals surface area contributed by atoms with E-state index in [4.69, 9.17) is 4.74 Å². The van der Waals surface area contributed by atoms with Crippen LogP contribution in [0.4, 0.5) is 5.69 Å². The van der Waals surface area contributed by atoms with E-state index >= 15 is 0 Å². The van der Waals surface area contributed by atoms with E-state index in [9.17, 15) is 4.79 Å². The number of piperidine rings is 1. The van der Waals surface area contributed by atoms with Crippen molar-refractivity contribution in [2.24, 2.45) is 0 Å². The molecular formula is C25H30N6O2. The van der Waals surface area contributed by atoms with E-state index in [1.165, 1.54) is 0 Å². The zero-order chi connectivity index (χ0) is 22.9. The Morgan fingerprint density at radius 2 is 1.88 bits per heavy atom. The fourth-order valence-electron chi connectivity index (χ4n) is 4.90. The largest absolute Gasteiger partial charge is 0.423 e. The first-order valence-electron chi connectivity index (χ1n) is 11.7. The zero-order valence-corrected chi connectivity index (χ0v) is 19.4. The molecule has 1 N–H and O–H groups in total. The van der Waals surface area contributed by atoms with Gasteiger partial charge in [-0.3, -0.25) is 9.48 Å². The number of carbonyl (C=O) groups is 1. The molecule has 2 aliphatic rings. The summed E-state index contributed by atoms with van der Waals surface area (Å²) < 4.78 is 8.40. The van der Waals surface area contributed by atoms with Crippen molar-refractivity contribution >= 4 is 11.6 Å². The lowest BCUT2D eigenvalue weighted by Gasteiger charge is -2.35. The Kier molecular flexibility index (Phi) is 5.85. The van der Waals surface area contributed by atoms with Crippen LogP contribution in [0.5, 0.6) is 11.8 Å². The standard InChI is InChI=1S/C25H30N6O2/c1-16-12-27-25(28-13-16)33-24-21(19-14-29-30(15-19)20-8-10-26-11-9-20)6-7-23-22(24)5-4-17(2)31(23)18(3)32/h6-7,12-15,17,20,26H,4-5,8-11H2,1-3H3. The van der Waals surface area contributed by atoms with Gasteiger partial charge in [0, 0.05) is 48.2 Å². The average Bonchev–Trinajstić information content (AvgIpc) is 3.31. The maximum atomic E-state index is 12.5. The van der Waals surface area contributed by atoms with E-state index in [1.807, 2.05) is 30.2 Å². The Balaban J connectivity index is 1.59. The lowest BCUT2D eigenvalue weighted by atomic mass is 9.92. The summed E-state index contributed by atoms with van der Waals surface area (Å²) >= 11 is 0. The second kappa shape index (κ2) is 8.94. The SMILES string of the molecule is CC(=O)N1c2ccc(-c3cnn(C4CCNCC4)c3)c(Oc3ncc(C)cn3)c2CCC1C. The molecular weight excluding hydrogens is 416 g/mol. The number of hydrogen-bond acceptors (Lipinski definition) is 6. The predicted octanol–water partition coefficient (Wildman–Crippen LogP) is 4.05. The number of anilines is 1. The molecule has 2 aliphatic heterocycles. The molecule has 8 heteroatoms. The van der Waals surface area contributed by atoms with Crippen LogP contribution in [0.25, 0.3) is 11.1 Å². The first-order valence-corrected chi connectivity index (χ1v) is 11.7. The van der Waals surface area contributed by atoms with E-state index in [-0.39, 0.29) is 11.9 Å². The first-order chi connectivity index (χ1) is 16.0. The van der Waals surface area contributed by atoms with Crippen LogP contribution in [0, 0.1) is 6.92 Å². The van der Waals surface area contributed by atoms with Crippen LogP contribution in [0.1, 0.15) is 50.3 Å². The number of hydrogen-bond donors (Lipinski definition) is 1. The molecule has 1 fully saturated rings. The molecule has 0 bridgehead atoms. The average molecular weight is 447 g/mol. The molecule has 5 rings (SSSR count). The fourth-order valence-corrected chi connectivity index (χ4v) is 4.90. The van der Waals surface area contributed by atoms with Gasteiger partial charge in [0.2, 0.25) is 5.91 Å². The minimum absolute atomic E-state index is 0.0347. The molecule has 1 aromatic carbocycles. The number of fused-ring (bicyclic) bond motifs is 1. The summed E-state index contributed by atoms with van der Waals surface area (Å²) in [6, 6.07) is 4.91. The summed E-state index contributed by atoms with van der Waals surface area (Å²) in [6.45, 7) is 7.67. The Hall–Kier alpha value is -3.26. The van der Waals surface area contributed by atoms with Crippen LogP contribution in [-0.2, 0) is 11.2 Å². The molecule has 0 aliphatic carbocycles. The molecule has 172 valence electrons. The van der Waals surface area contributed by atoms with Crippen LogP contribution in [0.3, 0.4) is 0 Å². The number of carbonyl (C=O) groups excluding carboxylic acids is 1. The normalized spacial score (nSPS) is 18.8. The first kappa shape index (κ1) is 21.6. The number of benzene rings is 1. The molecule has 2 aromatic heterocycles. The highest BCUT2D eigenvalue weighted by molar-refractivity contribution is 5.95. The molecule has 0 radical (unpaired) electrons. The van der Waals surface area contributed by atoms with Gasteiger partial charge >= 0.3 is 6.01 Å². The third kappa shape index (κ3) is 4.23. The number of nitrogens with one attached hydrogen (secondary N) is 1. The quantitative estimate of drug-likeness (QED) is 0.651. The highest BCUT2D eigenvalue weighted by Gasteiger charge is 2.30. The van der Waals surface area contributed by atoms with E-state index in [0.29, 0.717) is 17.8 Å². The Bertz CT molecular complexity index is 1150. The van der Waals surface area contributed by atoms with E-state index in [2.05, 4.69) is 38.2 Å². The maximum Gasteiger partial charge on any atom is 0.321 e. The molecule has 8 nitrogen and oxygen atoms in total. The smallest absolute Gasteiger partial charge is 0.321 e. The zero-order valence-electron chi connectivity index (χ0n) is 19.4. The van der Waals surface area contributed by atoms with Crippen molar-refractivity contribution < 1.29 is 9.53 Å². The molecule has 1 atom stereocenters. The second-order valence-electron chi connectivity index (χ2n) is 9.05. The molecule has 3 aromatic rings. The monoisotopic (exact) mass is 446 g/mol. The van der Waals surface area contributed by atoms with Crippen molar-refractivity contribution in [2.45, 2.75) is 58.5 Å². The fraction of sp³-hybridized carbons (Fsp3) is 0.440. The molecule has 0 spiro atoms. The van der Waals surface area contributed by atoms with Crippen molar-refractivity contribution in [3.63, 3.8) is 0 Å². The lowest BCUT2D eigenvalue weighted by molar-refractivity contribution is -0.117. The van der Waals surface area contributed by atoms with Crippen LogP contribution >= 0.6 is 0 Å². The third-order valence-corrected chi connectivity index (χ3v) is 6.63. The van der Waals surface area contributed by atoms with Gasteiger partial charge in [0.15, 0.2) is 0 Å². The van der Waals surface area contributed by atoms with E-state index in [0.717, 1.165) is 66.7 Å². The van der Waals surface area contributed by atoms with Gasteiger partial charge in [0.1, 0.15) is 5.75 Å².